The van der Waals surface area contributed by atoms with Crippen LogP contribution in [0.4, 0.5) is 0 Å². The van der Waals surface area contributed by atoms with E-state index < -0.39 is 18.0 Å². The number of esters is 1. The number of carboxylic acid groups (broad SMARTS) is 1. The summed E-state index contributed by atoms with van der Waals surface area (Å²) in [7, 11) is 0. The summed E-state index contributed by atoms with van der Waals surface area (Å²) >= 11 is 1.28. The van der Waals surface area contributed by atoms with Gasteiger partial charge >= 0.3 is 11.9 Å². The monoisotopic (exact) mass is 297 g/mol. The van der Waals surface area contributed by atoms with E-state index in [0.29, 0.717) is 10.8 Å². The summed E-state index contributed by atoms with van der Waals surface area (Å²) in [6.45, 7) is 3.76. The van der Waals surface area contributed by atoms with Crippen molar-refractivity contribution in [3.8, 4) is 0 Å². The van der Waals surface area contributed by atoms with Crippen LogP contribution >= 0.6 is 11.8 Å². The van der Waals surface area contributed by atoms with E-state index in [1.165, 1.54) is 28.5 Å². The minimum Gasteiger partial charge on any atom is -0.478 e. The molecule has 1 aromatic rings. The number of aromatic nitrogens is 1. The minimum absolute atomic E-state index is 0.0378. The van der Waals surface area contributed by atoms with Crippen molar-refractivity contribution in [2.24, 2.45) is 5.92 Å². The molecule has 0 aliphatic carbocycles. The maximum Gasteiger partial charge on any atom is 0.338 e. The van der Waals surface area contributed by atoms with Gasteiger partial charge in [0.2, 0.25) is 0 Å². The zero-order valence-electron chi connectivity index (χ0n) is 11.2. The maximum absolute atomic E-state index is 12.1. The predicted octanol–water partition coefficient (Wildman–Crippen LogP) is 1.39. The zero-order valence-corrected chi connectivity index (χ0v) is 12.0. The number of fused-ring (bicyclic) bond motifs is 1. The number of pyridine rings is 1. The summed E-state index contributed by atoms with van der Waals surface area (Å²) in [6, 6.07) is 1.69. The van der Waals surface area contributed by atoms with Crippen LogP contribution in [-0.2, 0) is 9.53 Å². The van der Waals surface area contributed by atoms with Crippen molar-refractivity contribution in [3.63, 3.8) is 0 Å². The number of aromatic carboxylic acids is 1. The third-order valence-electron chi connectivity index (χ3n) is 3.14. The van der Waals surface area contributed by atoms with Crippen LogP contribution in [0.2, 0.25) is 0 Å². The molecule has 7 heteroatoms. The lowest BCUT2D eigenvalue weighted by molar-refractivity contribution is -0.149. The van der Waals surface area contributed by atoms with Crippen LogP contribution in [0.1, 0.15) is 30.2 Å². The van der Waals surface area contributed by atoms with Crippen LogP contribution in [0.15, 0.2) is 22.0 Å². The molecule has 2 rings (SSSR count). The van der Waals surface area contributed by atoms with Crippen molar-refractivity contribution in [1.29, 1.82) is 0 Å². The van der Waals surface area contributed by atoms with Gasteiger partial charge in [-0.1, -0.05) is 6.92 Å². The van der Waals surface area contributed by atoms with Crippen LogP contribution in [0.25, 0.3) is 0 Å². The fourth-order valence-corrected chi connectivity index (χ4v) is 3.49. The molecule has 0 amide bonds. The molecule has 0 saturated carbocycles. The zero-order chi connectivity index (χ0) is 14.9. The van der Waals surface area contributed by atoms with Gasteiger partial charge in [-0.2, -0.15) is 0 Å². The topological polar surface area (TPSA) is 85.6 Å². The van der Waals surface area contributed by atoms with Crippen molar-refractivity contribution >= 4 is 23.7 Å². The van der Waals surface area contributed by atoms with Gasteiger partial charge in [0.05, 0.1) is 17.2 Å². The number of carbonyl (C=O) groups excluding carboxylic acids is 1. The highest BCUT2D eigenvalue weighted by Crippen LogP contribution is 2.36. The summed E-state index contributed by atoms with van der Waals surface area (Å²) < 4.78 is 6.26. The molecule has 1 aliphatic rings. The summed E-state index contributed by atoms with van der Waals surface area (Å²) in [6.07, 6.45) is 0. The molecular formula is C13H15NO5S. The van der Waals surface area contributed by atoms with E-state index in [4.69, 9.17) is 4.74 Å². The van der Waals surface area contributed by atoms with E-state index in [1.807, 2.05) is 6.92 Å². The van der Waals surface area contributed by atoms with Crippen LogP contribution < -0.4 is 5.56 Å². The second kappa shape index (κ2) is 5.70. The van der Waals surface area contributed by atoms with Gasteiger partial charge in [0, 0.05) is 11.8 Å². The molecule has 0 fully saturated rings. The first-order valence-corrected chi connectivity index (χ1v) is 7.24. The van der Waals surface area contributed by atoms with E-state index >= 15 is 0 Å². The highest BCUT2D eigenvalue weighted by molar-refractivity contribution is 7.99. The van der Waals surface area contributed by atoms with Gasteiger partial charge in [-0.05, 0) is 18.9 Å². The molecule has 6 nitrogen and oxygen atoms in total. The van der Waals surface area contributed by atoms with Crippen LogP contribution in [0, 0.1) is 5.92 Å². The molecule has 1 N–H and O–H groups in total. The lowest BCUT2D eigenvalue weighted by atomic mass is 10.0. The number of carboxylic acids is 1. The predicted molar refractivity (Wildman–Crippen MR) is 73.2 cm³/mol. The quantitative estimate of drug-likeness (QED) is 0.849. The normalized spacial score (nSPS) is 21.1. The molecule has 0 aromatic carbocycles. The van der Waals surface area contributed by atoms with Crippen LogP contribution in [-0.4, -0.2) is 34.0 Å². The fourth-order valence-electron chi connectivity index (χ4n) is 2.23. The number of hydrogen-bond acceptors (Lipinski definition) is 5. The Morgan fingerprint density at radius 2 is 2.20 bits per heavy atom. The van der Waals surface area contributed by atoms with Crippen molar-refractivity contribution < 1.29 is 19.4 Å². The Hall–Kier alpha value is -1.76. The molecule has 20 heavy (non-hydrogen) atoms. The third kappa shape index (κ3) is 2.45. The minimum atomic E-state index is -1.11. The molecule has 0 spiro atoms. The van der Waals surface area contributed by atoms with Gasteiger partial charge in [-0.25, -0.2) is 9.59 Å². The molecule has 2 heterocycles. The molecule has 0 unspecified atom stereocenters. The lowest BCUT2D eigenvalue weighted by Gasteiger charge is -2.31. The molecule has 0 bridgehead atoms. The standard InChI is InChI=1S/C13H15NO5S/c1-3-19-13(18)10-7(2)6-20-11-8(12(16)17)4-5-9(15)14(10)11/h4-5,7,10H,3,6H2,1-2H3,(H,16,17)/t7-,10+/m1/s1. The highest BCUT2D eigenvalue weighted by atomic mass is 32.2. The highest BCUT2D eigenvalue weighted by Gasteiger charge is 2.36. The number of hydrogen-bond donors (Lipinski definition) is 1. The van der Waals surface area contributed by atoms with E-state index in [9.17, 15) is 19.5 Å². The molecule has 1 aromatic heterocycles. The summed E-state index contributed by atoms with van der Waals surface area (Å²) in [5.74, 6) is -1.15. The van der Waals surface area contributed by atoms with E-state index in [1.54, 1.807) is 6.92 Å². The van der Waals surface area contributed by atoms with Gasteiger partial charge in [-0.15, -0.1) is 11.8 Å². The van der Waals surface area contributed by atoms with Gasteiger partial charge in [0.15, 0.2) is 0 Å². The first kappa shape index (κ1) is 14.6. The lowest BCUT2D eigenvalue weighted by Crippen LogP contribution is -2.40. The molecule has 2 atom stereocenters. The molecule has 108 valence electrons. The Morgan fingerprint density at radius 1 is 1.50 bits per heavy atom. The van der Waals surface area contributed by atoms with Gasteiger partial charge in [0.25, 0.3) is 5.56 Å². The molecule has 0 radical (unpaired) electrons. The fraction of sp³-hybridized carbons (Fsp3) is 0.462. The molecular weight excluding hydrogens is 282 g/mol. The SMILES string of the molecule is CCOC(=O)[C@@H]1[C@H](C)CSc2c(C(=O)O)ccc(=O)n21. The van der Waals surface area contributed by atoms with Crippen LogP contribution in [0.3, 0.4) is 0 Å². The maximum atomic E-state index is 12.1. The number of rotatable bonds is 3. The first-order chi connectivity index (χ1) is 9.47. The Kier molecular flexibility index (Phi) is 4.17. The van der Waals surface area contributed by atoms with Crippen molar-refractivity contribution in [2.75, 3.05) is 12.4 Å². The van der Waals surface area contributed by atoms with Crippen molar-refractivity contribution in [3.05, 3.63) is 28.0 Å². The molecule has 0 saturated heterocycles. The van der Waals surface area contributed by atoms with E-state index in [-0.39, 0.29) is 23.6 Å². The van der Waals surface area contributed by atoms with Crippen molar-refractivity contribution in [1.82, 2.24) is 4.57 Å². The average molecular weight is 297 g/mol. The van der Waals surface area contributed by atoms with Gasteiger partial charge in [-0.3, -0.25) is 9.36 Å². The first-order valence-electron chi connectivity index (χ1n) is 6.25. The second-order valence-corrected chi connectivity index (χ2v) is 5.56. The summed E-state index contributed by atoms with van der Waals surface area (Å²) in [5.41, 5.74) is -0.349. The number of nitrogens with zero attached hydrogens (tertiary/aromatic N) is 1. The van der Waals surface area contributed by atoms with Crippen molar-refractivity contribution in [2.45, 2.75) is 24.9 Å². The van der Waals surface area contributed by atoms with E-state index in [2.05, 4.69) is 0 Å². The second-order valence-electron chi connectivity index (χ2n) is 4.55. The van der Waals surface area contributed by atoms with Crippen LogP contribution in [0.5, 0.6) is 0 Å². The average Bonchev–Trinajstić information content (AvgIpc) is 2.39. The van der Waals surface area contributed by atoms with E-state index in [0.717, 1.165) is 0 Å². The molecule has 1 aliphatic heterocycles. The number of carbonyl (C=O) groups is 2. The smallest absolute Gasteiger partial charge is 0.338 e. The Balaban J connectivity index is 2.61. The Morgan fingerprint density at radius 3 is 2.80 bits per heavy atom. The summed E-state index contributed by atoms with van der Waals surface area (Å²) in [4.78, 5) is 35.3. The van der Waals surface area contributed by atoms with Gasteiger partial charge < -0.3 is 9.84 Å². The number of ether oxygens (including phenoxy) is 1. The Bertz CT molecular complexity index is 609. The number of thioether (sulfide) groups is 1. The largest absolute Gasteiger partial charge is 0.478 e. The Labute approximate surface area is 119 Å². The van der Waals surface area contributed by atoms with Gasteiger partial charge in [0.1, 0.15) is 6.04 Å². The summed E-state index contributed by atoms with van der Waals surface area (Å²) in [5, 5.41) is 9.50. The third-order valence-corrected chi connectivity index (χ3v) is 4.52.